The number of carboxylic acids is 1. The Hall–Kier alpha value is -4.94. The molecule has 2 aliphatic rings. The van der Waals surface area contributed by atoms with Gasteiger partial charge in [-0.3, -0.25) is 24.6 Å². The number of rotatable bonds is 11. The summed E-state index contributed by atoms with van der Waals surface area (Å²) in [4.78, 5) is 69.3. The minimum Gasteiger partial charge on any atom is -0.481 e. The summed E-state index contributed by atoms with van der Waals surface area (Å²) in [6.45, 7) is 0.400. The van der Waals surface area contributed by atoms with Crippen LogP contribution >= 0.6 is 0 Å². The van der Waals surface area contributed by atoms with Crippen molar-refractivity contribution in [1.82, 2.24) is 25.8 Å². The van der Waals surface area contributed by atoms with Gasteiger partial charge in [0.05, 0.1) is 25.2 Å². The highest BCUT2D eigenvalue weighted by Gasteiger charge is 2.44. The topological polar surface area (TPSA) is 161 Å². The van der Waals surface area contributed by atoms with E-state index in [1.807, 2.05) is 30.3 Å². The van der Waals surface area contributed by atoms with Crippen LogP contribution in [0.3, 0.4) is 0 Å². The zero-order chi connectivity index (χ0) is 29.2. The van der Waals surface area contributed by atoms with Crippen LogP contribution in [0.25, 0.3) is 0 Å². The van der Waals surface area contributed by atoms with Gasteiger partial charge in [-0.05, 0) is 30.5 Å². The molecule has 0 aromatic heterocycles. The van der Waals surface area contributed by atoms with E-state index in [-0.39, 0.29) is 38.4 Å². The smallest absolute Gasteiger partial charge is 0.358 e. The van der Waals surface area contributed by atoms with E-state index in [0.29, 0.717) is 18.4 Å². The van der Waals surface area contributed by atoms with Crippen LogP contribution in [0.1, 0.15) is 41.6 Å². The molecule has 0 spiro atoms. The highest BCUT2D eigenvalue weighted by Crippen LogP contribution is 2.24. The van der Waals surface area contributed by atoms with E-state index in [1.165, 1.54) is 11.2 Å². The normalized spacial score (nSPS) is 18.0. The Balaban J connectivity index is 1.43. The molecule has 13 heteroatoms. The van der Waals surface area contributed by atoms with Crippen LogP contribution in [0.15, 0.2) is 65.8 Å². The first-order valence-electron chi connectivity index (χ1n) is 13.3. The average molecular weight is 565 g/mol. The molecule has 13 nitrogen and oxygen atoms in total. The lowest BCUT2D eigenvalue weighted by atomic mass is 10.1. The van der Waals surface area contributed by atoms with Crippen molar-refractivity contribution < 1.29 is 33.9 Å². The molecule has 2 atom stereocenters. The van der Waals surface area contributed by atoms with Gasteiger partial charge in [-0.25, -0.2) is 19.8 Å². The van der Waals surface area contributed by atoms with Crippen LogP contribution in [0.5, 0.6) is 0 Å². The number of nitrogens with zero attached hydrogens (tertiary/aromatic N) is 4. The van der Waals surface area contributed by atoms with Crippen molar-refractivity contribution in [3.63, 3.8) is 0 Å². The molecular weight excluding hydrogens is 532 g/mol. The van der Waals surface area contributed by atoms with Crippen molar-refractivity contribution >= 4 is 35.9 Å². The Morgan fingerprint density at radius 2 is 1.76 bits per heavy atom. The van der Waals surface area contributed by atoms with Gasteiger partial charge in [0.2, 0.25) is 11.8 Å². The summed E-state index contributed by atoms with van der Waals surface area (Å²) in [6.07, 6.45) is 1.94. The standard InChI is InChI=1S/C28H32N6O7/c35-24-13-16-32(31-26(38)21-10-5-2-6-11-21)28(40)34-23(12-7-15-33(24)34)27(39)30-22(18-25(36)37)19-29-41-17-14-20-8-3-1-4-9-20/h1-6,8-11,19,22-23H,7,12-18H2,(H,30,39)(H,31,38)(H,36,37)/t22-,23-/m0/s1. The molecule has 0 bridgehead atoms. The van der Waals surface area contributed by atoms with Gasteiger partial charge in [0.25, 0.3) is 5.91 Å². The van der Waals surface area contributed by atoms with Crippen molar-refractivity contribution in [3.8, 4) is 0 Å². The van der Waals surface area contributed by atoms with Gasteiger partial charge in [0.15, 0.2) is 0 Å². The summed E-state index contributed by atoms with van der Waals surface area (Å²) in [5.74, 6) is -2.74. The summed E-state index contributed by atoms with van der Waals surface area (Å²) in [6, 6.07) is 15.0. The summed E-state index contributed by atoms with van der Waals surface area (Å²) in [7, 11) is 0. The van der Waals surface area contributed by atoms with Crippen LogP contribution < -0.4 is 10.7 Å². The maximum atomic E-state index is 13.6. The number of carbonyl (C=O) groups is 5. The highest BCUT2D eigenvalue weighted by molar-refractivity contribution is 5.97. The molecule has 5 amide bonds. The average Bonchev–Trinajstić information content (AvgIpc) is 3.09. The number of aliphatic carboxylic acids is 1. The van der Waals surface area contributed by atoms with Crippen LogP contribution in [-0.2, 0) is 25.6 Å². The third kappa shape index (κ3) is 7.81. The maximum Gasteiger partial charge on any atom is 0.358 e. The lowest BCUT2D eigenvalue weighted by Gasteiger charge is -2.43. The molecule has 2 heterocycles. The molecule has 2 aromatic carbocycles. The number of fused-ring (bicyclic) bond motifs is 1. The van der Waals surface area contributed by atoms with Crippen LogP contribution in [0, 0.1) is 0 Å². The Morgan fingerprint density at radius 1 is 1.05 bits per heavy atom. The number of hydrogen-bond acceptors (Lipinski definition) is 7. The van der Waals surface area contributed by atoms with Gasteiger partial charge in [0.1, 0.15) is 12.6 Å². The van der Waals surface area contributed by atoms with Gasteiger partial charge in [0, 0.05) is 24.9 Å². The van der Waals surface area contributed by atoms with Crippen LogP contribution in [0.2, 0.25) is 0 Å². The van der Waals surface area contributed by atoms with E-state index in [9.17, 15) is 29.1 Å². The van der Waals surface area contributed by atoms with Crippen molar-refractivity contribution in [1.29, 1.82) is 0 Å². The first kappa shape index (κ1) is 29.1. The number of carbonyl (C=O) groups excluding carboxylic acids is 4. The van der Waals surface area contributed by atoms with Gasteiger partial charge >= 0.3 is 12.0 Å². The molecule has 0 unspecified atom stereocenters. The van der Waals surface area contributed by atoms with Gasteiger partial charge in [-0.2, -0.15) is 0 Å². The summed E-state index contributed by atoms with van der Waals surface area (Å²) >= 11 is 0. The molecule has 3 N–H and O–H groups in total. The first-order valence-corrected chi connectivity index (χ1v) is 13.3. The molecule has 2 saturated heterocycles. The van der Waals surface area contributed by atoms with Crippen molar-refractivity contribution in [3.05, 3.63) is 71.8 Å². The number of nitrogens with one attached hydrogen (secondary N) is 2. The molecule has 0 saturated carbocycles. The maximum absolute atomic E-state index is 13.6. The predicted molar refractivity (Wildman–Crippen MR) is 146 cm³/mol. The monoisotopic (exact) mass is 564 g/mol. The number of carboxylic acid groups (broad SMARTS) is 1. The fourth-order valence-electron chi connectivity index (χ4n) is 4.58. The molecule has 0 radical (unpaired) electrons. The first-order chi connectivity index (χ1) is 19.8. The Bertz CT molecular complexity index is 1270. The third-order valence-corrected chi connectivity index (χ3v) is 6.60. The summed E-state index contributed by atoms with van der Waals surface area (Å²) in [5, 5.41) is 19.1. The SMILES string of the molecule is O=C(O)C[C@@H](C=NOCCc1ccccc1)NC(=O)[C@@H]1CCCN2C(=O)CCN(NC(=O)c3ccccc3)C(=O)N12. The van der Waals surface area contributed by atoms with E-state index in [0.717, 1.165) is 15.6 Å². The third-order valence-electron chi connectivity index (χ3n) is 6.60. The molecule has 4 rings (SSSR count). The number of amides is 5. The second kappa shape index (κ2) is 13.9. The second-order valence-electron chi connectivity index (χ2n) is 9.55. The van der Waals surface area contributed by atoms with Crippen molar-refractivity contribution in [2.75, 3.05) is 19.7 Å². The van der Waals surface area contributed by atoms with E-state index in [4.69, 9.17) is 4.84 Å². The zero-order valence-corrected chi connectivity index (χ0v) is 22.3. The number of hydrogen-bond donors (Lipinski definition) is 3. The quantitative estimate of drug-likeness (QED) is 0.212. The van der Waals surface area contributed by atoms with Crippen LogP contribution in [-0.4, -0.2) is 87.8 Å². The lowest BCUT2D eigenvalue weighted by Crippen LogP contribution is -2.64. The molecule has 2 fully saturated rings. The minimum absolute atomic E-state index is 0.0553. The van der Waals surface area contributed by atoms with Gasteiger partial charge < -0.3 is 15.3 Å². The van der Waals surface area contributed by atoms with E-state index in [1.54, 1.807) is 30.3 Å². The predicted octanol–water partition coefficient (Wildman–Crippen LogP) is 1.57. The largest absolute Gasteiger partial charge is 0.481 e. The molecule has 0 aliphatic carbocycles. The molecule has 41 heavy (non-hydrogen) atoms. The summed E-state index contributed by atoms with van der Waals surface area (Å²) < 4.78 is 0. The molecular formula is C28H32N6O7. The molecule has 2 aliphatic heterocycles. The minimum atomic E-state index is -1.17. The number of hydrazine groups is 2. The number of benzene rings is 2. The second-order valence-corrected chi connectivity index (χ2v) is 9.55. The van der Waals surface area contributed by atoms with E-state index >= 15 is 0 Å². The van der Waals surface area contributed by atoms with E-state index in [2.05, 4.69) is 15.9 Å². The van der Waals surface area contributed by atoms with E-state index < -0.39 is 42.3 Å². The number of oxime groups is 1. The fraction of sp³-hybridized carbons (Fsp3) is 0.357. The van der Waals surface area contributed by atoms with Gasteiger partial charge in [-0.1, -0.05) is 53.7 Å². The fourth-order valence-corrected chi connectivity index (χ4v) is 4.58. The lowest BCUT2D eigenvalue weighted by molar-refractivity contribution is -0.155. The van der Waals surface area contributed by atoms with Gasteiger partial charge in [-0.15, -0.1) is 0 Å². The number of urea groups is 1. The Kier molecular flexibility index (Phi) is 9.86. The Labute approximate surface area is 236 Å². The van der Waals surface area contributed by atoms with Crippen molar-refractivity contribution in [2.45, 2.75) is 44.2 Å². The van der Waals surface area contributed by atoms with Crippen LogP contribution in [0.4, 0.5) is 4.79 Å². The molecule has 2 aromatic rings. The Morgan fingerprint density at radius 3 is 2.46 bits per heavy atom. The molecule has 216 valence electrons. The van der Waals surface area contributed by atoms with Crippen molar-refractivity contribution in [2.24, 2.45) is 5.16 Å². The highest BCUT2D eigenvalue weighted by atomic mass is 16.6. The zero-order valence-electron chi connectivity index (χ0n) is 22.3. The summed E-state index contributed by atoms with van der Waals surface area (Å²) in [5.41, 5.74) is 3.90.